The summed E-state index contributed by atoms with van der Waals surface area (Å²) < 4.78 is 5.20. The standard InChI is InChI=1S/C19H21N3O2S/c1-13(2)17-16-11-14(12-21-19(16)24-22-17)18(23)20-9-6-10-25-15-7-4-3-5-8-15/h3-5,7-8,11-13H,6,9-10H2,1-2H3,(H,20,23). The summed E-state index contributed by atoms with van der Waals surface area (Å²) in [6.07, 6.45) is 2.44. The van der Waals surface area contributed by atoms with Crippen molar-refractivity contribution in [2.75, 3.05) is 12.3 Å². The molecule has 0 radical (unpaired) electrons. The predicted octanol–water partition coefficient (Wildman–Crippen LogP) is 4.26. The van der Waals surface area contributed by atoms with Crippen LogP contribution in [0.2, 0.25) is 0 Å². The Hall–Kier alpha value is -2.34. The van der Waals surface area contributed by atoms with Crippen LogP contribution in [0.5, 0.6) is 0 Å². The summed E-state index contributed by atoms with van der Waals surface area (Å²) in [6.45, 7) is 4.71. The maximum absolute atomic E-state index is 12.3. The fourth-order valence-electron chi connectivity index (χ4n) is 2.47. The van der Waals surface area contributed by atoms with Gasteiger partial charge in [-0.05, 0) is 36.3 Å². The first-order valence-electron chi connectivity index (χ1n) is 8.36. The number of rotatable bonds is 7. The van der Waals surface area contributed by atoms with Crippen LogP contribution >= 0.6 is 11.8 Å². The van der Waals surface area contributed by atoms with Crippen molar-refractivity contribution in [2.24, 2.45) is 0 Å². The summed E-state index contributed by atoms with van der Waals surface area (Å²) in [7, 11) is 0. The van der Waals surface area contributed by atoms with Gasteiger partial charge in [0.1, 0.15) is 0 Å². The normalized spacial score (nSPS) is 11.2. The lowest BCUT2D eigenvalue weighted by Gasteiger charge is -2.06. The zero-order valence-corrected chi connectivity index (χ0v) is 15.2. The van der Waals surface area contributed by atoms with E-state index in [4.69, 9.17) is 4.52 Å². The van der Waals surface area contributed by atoms with Crippen molar-refractivity contribution < 1.29 is 9.32 Å². The number of pyridine rings is 1. The highest BCUT2D eigenvalue weighted by Crippen LogP contribution is 2.24. The highest BCUT2D eigenvalue weighted by atomic mass is 32.2. The highest BCUT2D eigenvalue weighted by molar-refractivity contribution is 7.99. The zero-order chi connectivity index (χ0) is 17.6. The van der Waals surface area contributed by atoms with Crippen LogP contribution in [0, 0.1) is 0 Å². The van der Waals surface area contributed by atoms with Crippen LogP contribution in [0.25, 0.3) is 11.1 Å². The summed E-state index contributed by atoms with van der Waals surface area (Å²) in [6, 6.07) is 12.1. The second-order valence-corrected chi connectivity index (χ2v) is 7.24. The van der Waals surface area contributed by atoms with Crippen molar-refractivity contribution in [1.29, 1.82) is 0 Å². The molecular formula is C19H21N3O2S. The van der Waals surface area contributed by atoms with E-state index in [1.165, 1.54) is 11.1 Å². The summed E-state index contributed by atoms with van der Waals surface area (Å²) in [4.78, 5) is 17.8. The van der Waals surface area contributed by atoms with Gasteiger partial charge in [0.05, 0.1) is 16.6 Å². The third-order valence-corrected chi connectivity index (χ3v) is 4.88. The van der Waals surface area contributed by atoms with Crippen molar-refractivity contribution in [2.45, 2.75) is 31.1 Å². The Balaban J connectivity index is 1.52. The molecule has 3 aromatic rings. The molecule has 0 saturated heterocycles. The SMILES string of the molecule is CC(C)c1noc2ncc(C(=O)NCCCSc3ccccc3)cc12. The lowest BCUT2D eigenvalue weighted by molar-refractivity contribution is 0.0953. The smallest absolute Gasteiger partial charge is 0.257 e. The lowest BCUT2D eigenvalue weighted by Crippen LogP contribution is -2.24. The number of thioether (sulfide) groups is 1. The lowest BCUT2D eigenvalue weighted by atomic mass is 10.1. The van der Waals surface area contributed by atoms with Crippen molar-refractivity contribution in [3.8, 4) is 0 Å². The van der Waals surface area contributed by atoms with Gasteiger partial charge in [0.2, 0.25) is 0 Å². The van der Waals surface area contributed by atoms with Crippen LogP contribution < -0.4 is 5.32 Å². The minimum Gasteiger partial charge on any atom is -0.352 e. The molecular weight excluding hydrogens is 334 g/mol. The van der Waals surface area contributed by atoms with Gasteiger partial charge in [-0.15, -0.1) is 11.8 Å². The molecule has 3 rings (SSSR count). The van der Waals surface area contributed by atoms with Crippen LogP contribution in [0.4, 0.5) is 0 Å². The summed E-state index contributed by atoms with van der Waals surface area (Å²) >= 11 is 1.79. The van der Waals surface area contributed by atoms with Gasteiger partial charge in [-0.3, -0.25) is 4.79 Å². The van der Waals surface area contributed by atoms with E-state index >= 15 is 0 Å². The summed E-state index contributed by atoms with van der Waals surface area (Å²) in [5.74, 6) is 1.07. The molecule has 0 saturated carbocycles. The van der Waals surface area contributed by atoms with Crippen molar-refractivity contribution >= 4 is 28.8 Å². The van der Waals surface area contributed by atoms with Crippen LogP contribution in [0.1, 0.15) is 42.2 Å². The molecule has 0 fully saturated rings. The summed E-state index contributed by atoms with van der Waals surface area (Å²) in [5, 5.41) is 7.79. The fourth-order valence-corrected chi connectivity index (χ4v) is 3.35. The number of aromatic nitrogens is 2. The molecule has 0 aliphatic rings. The van der Waals surface area contributed by atoms with Gasteiger partial charge in [0.15, 0.2) is 0 Å². The number of carbonyl (C=O) groups is 1. The molecule has 0 unspecified atom stereocenters. The fraction of sp³-hybridized carbons (Fsp3) is 0.316. The molecule has 1 aromatic carbocycles. The molecule has 0 spiro atoms. The van der Waals surface area contributed by atoms with E-state index in [0.717, 1.165) is 23.3 Å². The van der Waals surface area contributed by atoms with Crippen LogP contribution in [-0.2, 0) is 0 Å². The van der Waals surface area contributed by atoms with Crippen molar-refractivity contribution in [3.63, 3.8) is 0 Å². The monoisotopic (exact) mass is 355 g/mol. The molecule has 0 bridgehead atoms. The Kier molecular flexibility index (Phi) is 5.71. The molecule has 1 N–H and O–H groups in total. The maximum atomic E-state index is 12.3. The second kappa shape index (κ2) is 8.16. The largest absolute Gasteiger partial charge is 0.352 e. The molecule has 0 atom stereocenters. The second-order valence-electron chi connectivity index (χ2n) is 6.07. The van der Waals surface area contributed by atoms with Gasteiger partial charge in [-0.2, -0.15) is 0 Å². The average Bonchev–Trinajstić information content (AvgIpc) is 3.05. The zero-order valence-electron chi connectivity index (χ0n) is 14.4. The Bertz CT molecular complexity index is 846. The Morgan fingerprint density at radius 1 is 1.28 bits per heavy atom. The quantitative estimate of drug-likeness (QED) is 0.507. The average molecular weight is 355 g/mol. The number of benzene rings is 1. The molecule has 1 amide bonds. The van der Waals surface area contributed by atoms with E-state index in [0.29, 0.717) is 17.8 Å². The number of nitrogens with one attached hydrogen (secondary N) is 1. The van der Waals surface area contributed by atoms with Gasteiger partial charge in [0.25, 0.3) is 11.6 Å². The van der Waals surface area contributed by atoms with Crippen molar-refractivity contribution in [1.82, 2.24) is 15.5 Å². The minimum absolute atomic E-state index is 0.116. The topological polar surface area (TPSA) is 68.0 Å². The third kappa shape index (κ3) is 4.39. The van der Waals surface area contributed by atoms with E-state index in [1.807, 2.05) is 38.1 Å². The Morgan fingerprint density at radius 3 is 2.84 bits per heavy atom. The molecule has 5 nitrogen and oxygen atoms in total. The van der Waals surface area contributed by atoms with E-state index in [1.54, 1.807) is 11.8 Å². The number of carbonyl (C=O) groups excluding carboxylic acids is 1. The van der Waals surface area contributed by atoms with Crippen LogP contribution in [0.15, 0.2) is 52.0 Å². The molecule has 130 valence electrons. The molecule has 2 heterocycles. The summed E-state index contributed by atoms with van der Waals surface area (Å²) in [5.41, 5.74) is 1.84. The predicted molar refractivity (Wildman–Crippen MR) is 100 cm³/mol. The van der Waals surface area contributed by atoms with Crippen LogP contribution in [-0.4, -0.2) is 28.3 Å². The third-order valence-electron chi connectivity index (χ3n) is 3.79. The van der Waals surface area contributed by atoms with E-state index in [2.05, 4.69) is 27.6 Å². The van der Waals surface area contributed by atoms with Gasteiger partial charge >= 0.3 is 0 Å². The first kappa shape index (κ1) is 17.5. The molecule has 25 heavy (non-hydrogen) atoms. The Morgan fingerprint density at radius 2 is 2.08 bits per heavy atom. The molecule has 6 heteroatoms. The number of hydrogen-bond donors (Lipinski definition) is 1. The number of nitrogens with zero attached hydrogens (tertiary/aromatic N) is 2. The number of fused-ring (bicyclic) bond motifs is 1. The van der Waals surface area contributed by atoms with Gasteiger partial charge in [0, 0.05) is 17.6 Å². The molecule has 0 aliphatic carbocycles. The van der Waals surface area contributed by atoms with Crippen LogP contribution in [0.3, 0.4) is 0 Å². The first-order chi connectivity index (χ1) is 12.1. The van der Waals surface area contributed by atoms with E-state index < -0.39 is 0 Å². The van der Waals surface area contributed by atoms with E-state index in [9.17, 15) is 4.79 Å². The minimum atomic E-state index is -0.116. The maximum Gasteiger partial charge on any atom is 0.257 e. The number of amides is 1. The van der Waals surface area contributed by atoms with Gasteiger partial charge < -0.3 is 9.84 Å². The van der Waals surface area contributed by atoms with Crippen molar-refractivity contribution in [3.05, 3.63) is 53.9 Å². The van der Waals surface area contributed by atoms with Gasteiger partial charge in [-0.1, -0.05) is 37.2 Å². The Labute approximate surface area is 151 Å². The molecule has 0 aliphatic heterocycles. The first-order valence-corrected chi connectivity index (χ1v) is 9.35. The highest BCUT2D eigenvalue weighted by Gasteiger charge is 2.15. The number of hydrogen-bond acceptors (Lipinski definition) is 5. The molecule has 2 aromatic heterocycles. The van der Waals surface area contributed by atoms with E-state index in [-0.39, 0.29) is 11.8 Å². The van der Waals surface area contributed by atoms with Gasteiger partial charge in [-0.25, -0.2) is 4.98 Å².